The number of nitrogens with one attached hydrogen (secondary N) is 1. The van der Waals surface area contributed by atoms with Crippen LogP contribution in [0, 0.1) is 0 Å². The van der Waals surface area contributed by atoms with Gasteiger partial charge in [-0.25, -0.2) is 0 Å². The molecule has 3 heteroatoms. The standard InChI is InChI=1S/C13H24N2S/c1-2-16-12-8-7-11(10-12)15-13-6-4-3-5-9-14-13/h11-12H,2-10H2,1H3,(H,14,15). The molecule has 16 heavy (non-hydrogen) atoms. The summed E-state index contributed by atoms with van der Waals surface area (Å²) in [6, 6.07) is 0.709. The predicted octanol–water partition coefficient (Wildman–Crippen LogP) is 3.22. The summed E-state index contributed by atoms with van der Waals surface area (Å²) in [4.78, 5) is 4.66. The SMILES string of the molecule is CCSC1CCC(NC2=NCCCCC2)C1. The topological polar surface area (TPSA) is 24.4 Å². The second-order valence-corrected chi connectivity index (χ2v) is 6.45. The molecule has 1 saturated carbocycles. The molecule has 1 aliphatic carbocycles. The van der Waals surface area contributed by atoms with E-state index in [9.17, 15) is 0 Å². The molecule has 2 unspecified atom stereocenters. The van der Waals surface area contributed by atoms with Crippen LogP contribution in [0.4, 0.5) is 0 Å². The van der Waals surface area contributed by atoms with Gasteiger partial charge in [-0.3, -0.25) is 4.99 Å². The zero-order valence-corrected chi connectivity index (χ0v) is 11.2. The third-order valence-corrected chi connectivity index (χ3v) is 4.76. The van der Waals surface area contributed by atoms with Gasteiger partial charge in [0.2, 0.25) is 0 Å². The van der Waals surface area contributed by atoms with Crippen molar-refractivity contribution >= 4 is 17.6 Å². The number of aliphatic imine (C=N–C) groups is 1. The van der Waals surface area contributed by atoms with Crippen molar-refractivity contribution in [1.82, 2.24) is 5.32 Å². The number of hydrogen-bond donors (Lipinski definition) is 1. The first kappa shape index (κ1) is 12.3. The van der Waals surface area contributed by atoms with Crippen molar-refractivity contribution in [3.63, 3.8) is 0 Å². The third-order valence-electron chi connectivity index (χ3n) is 3.53. The second-order valence-electron chi connectivity index (χ2n) is 4.87. The van der Waals surface area contributed by atoms with E-state index in [1.807, 2.05) is 0 Å². The Hall–Kier alpha value is -0.180. The fraction of sp³-hybridized carbons (Fsp3) is 0.923. The molecule has 0 saturated heterocycles. The van der Waals surface area contributed by atoms with Gasteiger partial charge in [-0.05, 0) is 37.9 Å². The van der Waals surface area contributed by atoms with Gasteiger partial charge in [0.25, 0.3) is 0 Å². The Bertz CT molecular complexity index is 240. The van der Waals surface area contributed by atoms with Crippen molar-refractivity contribution in [2.24, 2.45) is 4.99 Å². The summed E-state index contributed by atoms with van der Waals surface area (Å²) >= 11 is 2.13. The minimum Gasteiger partial charge on any atom is -0.371 e. The summed E-state index contributed by atoms with van der Waals surface area (Å²) in [5.74, 6) is 2.56. The lowest BCUT2D eigenvalue weighted by atomic mass is 10.2. The maximum Gasteiger partial charge on any atom is 0.0965 e. The summed E-state index contributed by atoms with van der Waals surface area (Å²) in [6.07, 6.45) is 9.23. The monoisotopic (exact) mass is 240 g/mol. The van der Waals surface area contributed by atoms with Gasteiger partial charge in [-0.15, -0.1) is 0 Å². The van der Waals surface area contributed by atoms with Crippen LogP contribution in [0.5, 0.6) is 0 Å². The van der Waals surface area contributed by atoms with E-state index in [2.05, 4.69) is 29.0 Å². The first-order valence-electron chi connectivity index (χ1n) is 6.80. The second kappa shape index (κ2) is 6.53. The Balaban J connectivity index is 1.75. The molecule has 0 radical (unpaired) electrons. The summed E-state index contributed by atoms with van der Waals surface area (Å²) in [7, 11) is 0. The van der Waals surface area contributed by atoms with Crippen molar-refractivity contribution in [2.75, 3.05) is 12.3 Å². The van der Waals surface area contributed by atoms with Gasteiger partial charge in [0, 0.05) is 24.3 Å². The lowest BCUT2D eigenvalue weighted by Crippen LogP contribution is -2.33. The van der Waals surface area contributed by atoms with Gasteiger partial charge in [-0.2, -0.15) is 11.8 Å². The molecule has 1 N–H and O–H groups in total. The van der Waals surface area contributed by atoms with E-state index in [0.717, 1.165) is 11.8 Å². The summed E-state index contributed by atoms with van der Waals surface area (Å²) in [5, 5.41) is 4.58. The van der Waals surface area contributed by atoms with Crippen molar-refractivity contribution in [3.05, 3.63) is 0 Å². The van der Waals surface area contributed by atoms with Crippen LogP contribution >= 0.6 is 11.8 Å². The van der Waals surface area contributed by atoms with Crippen molar-refractivity contribution in [3.8, 4) is 0 Å². The largest absolute Gasteiger partial charge is 0.371 e. The maximum atomic E-state index is 4.66. The zero-order valence-electron chi connectivity index (χ0n) is 10.4. The van der Waals surface area contributed by atoms with Crippen LogP contribution in [0.1, 0.15) is 51.9 Å². The first-order chi connectivity index (χ1) is 7.88. The molecule has 1 fully saturated rings. The van der Waals surface area contributed by atoms with E-state index in [4.69, 9.17) is 0 Å². The molecule has 0 amide bonds. The molecule has 1 heterocycles. The number of thioether (sulfide) groups is 1. The molecule has 0 aromatic carbocycles. The van der Waals surface area contributed by atoms with Gasteiger partial charge in [0.05, 0.1) is 5.84 Å². The molecule has 2 rings (SSSR count). The smallest absolute Gasteiger partial charge is 0.0965 e. The van der Waals surface area contributed by atoms with Gasteiger partial charge in [0.1, 0.15) is 0 Å². The summed E-state index contributed by atoms with van der Waals surface area (Å²) < 4.78 is 0. The molecule has 92 valence electrons. The number of nitrogens with zero attached hydrogens (tertiary/aromatic N) is 1. The van der Waals surface area contributed by atoms with Crippen LogP contribution in [-0.4, -0.2) is 29.4 Å². The highest BCUT2D eigenvalue weighted by Gasteiger charge is 2.25. The zero-order chi connectivity index (χ0) is 11.2. The average molecular weight is 240 g/mol. The Kier molecular flexibility index (Phi) is 5.01. The summed E-state index contributed by atoms with van der Waals surface area (Å²) in [6.45, 7) is 3.31. The third kappa shape index (κ3) is 3.69. The average Bonchev–Trinajstić information content (AvgIpc) is 2.56. The number of amidine groups is 1. The molecule has 0 aromatic heterocycles. The van der Waals surface area contributed by atoms with Gasteiger partial charge < -0.3 is 5.32 Å². The fourth-order valence-electron chi connectivity index (χ4n) is 2.69. The van der Waals surface area contributed by atoms with E-state index >= 15 is 0 Å². The van der Waals surface area contributed by atoms with Crippen LogP contribution in [-0.2, 0) is 0 Å². The quantitative estimate of drug-likeness (QED) is 0.819. The summed E-state index contributed by atoms with van der Waals surface area (Å²) in [5.41, 5.74) is 0. The molecule has 2 atom stereocenters. The molecule has 2 nitrogen and oxygen atoms in total. The molecule has 0 spiro atoms. The molecular weight excluding hydrogens is 216 g/mol. The Morgan fingerprint density at radius 2 is 2.25 bits per heavy atom. The maximum absolute atomic E-state index is 4.66. The van der Waals surface area contributed by atoms with Crippen molar-refractivity contribution in [2.45, 2.75) is 63.2 Å². The minimum absolute atomic E-state index is 0.709. The van der Waals surface area contributed by atoms with Crippen LogP contribution in [0.15, 0.2) is 4.99 Å². The lowest BCUT2D eigenvalue weighted by molar-refractivity contribution is 0.621. The Labute approximate surface area is 104 Å². The van der Waals surface area contributed by atoms with Crippen LogP contribution < -0.4 is 5.32 Å². The van der Waals surface area contributed by atoms with Gasteiger partial charge in [0.15, 0.2) is 0 Å². The molecule has 2 aliphatic rings. The predicted molar refractivity (Wildman–Crippen MR) is 73.5 cm³/mol. The highest BCUT2D eigenvalue weighted by Crippen LogP contribution is 2.29. The number of rotatable bonds is 3. The molecule has 1 aliphatic heterocycles. The van der Waals surface area contributed by atoms with Gasteiger partial charge >= 0.3 is 0 Å². The van der Waals surface area contributed by atoms with E-state index in [0.29, 0.717) is 6.04 Å². The highest BCUT2D eigenvalue weighted by molar-refractivity contribution is 7.99. The van der Waals surface area contributed by atoms with Crippen LogP contribution in [0.2, 0.25) is 0 Å². The van der Waals surface area contributed by atoms with Gasteiger partial charge in [-0.1, -0.05) is 13.3 Å². The van der Waals surface area contributed by atoms with Crippen molar-refractivity contribution < 1.29 is 0 Å². The minimum atomic E-state index is 0.709. The van der Waals surface area contributed by atoms with E-state index in [1.54, 1.807) is 0 Å². The van der Waals surface area contributed by atoms with Crippen LogP contribution in [0.25, 0.3) is 0 Å². The number of hydrogen-bond acceptors (Lipinski definition) is 3. The Morgan fingerprint density at radius 1 is 1.31 bits per heavy atom. The first-order valence-corrected chi connectivity index (χ1v) is 7.85. The molecule has 0 bridgehead atoms. The normalized spacial score (nSPS) is 30.9. The van der Waals surface area contributed by atoms with Crippen LogP contribution in [0.3, 0.4) is 0 Å². The Morgan fingerprint density at radius 3 is 3.12 bits per heavy atom. The van der Waals surface area contributed by atoms with Crippen molar-refractivity contribution in [1.29, 1.82) is 0 Å². The lowest BCUT2D eigenvalue weighted by Gasteiger charge is -2.15. The highest BCUT2D eigenvalue weighted by atomic mass is 32.2. The molecule has 0 aromatic rings. The van der Waals surface area contributed by atoms with E-state index < -0.39 is 0 Å². The van der Waals surface area contributed by atoms with E-state index in [-0.39, 0.29) is 0 Å². The van der Waals surface area contributed by atoms with E-state index in [1.165, 1.54) is 56.5 Å². The molecular formula is C13H24N2S. The fourth-order valence-corrected chi connectivity index (χ4v) is 3.83.